The summed E-state index contributed by atoms with van der Waals surface area (Å²) < 4.78 is 0. The van der Waals surface area contributed by atoms with Crippen LogP contribution >= 0.6 is 0 Å². The molecule has 0 rings (SSSR count). The zero-order chi connectivity index (χ0) is 10.4. The van der Waals surface area contributed by atoms with E-state index >= 15 is 0 Å². The fourth-order valence-electron chi connectivity index (χ4n) is 1.96. The summed E-state index contributed by atoms with van der Waals surface area (Å²) in [5.41, 5.74) is 0. The molecule has 0 saturated carbocycles. The highest BCUT2D eigenvalue weighted by molar-refractivity contribution is 4.67. The van der Waals surface area contributed by atoms with Crippen molar-refractivity contribution < 1.29 is 0 Å². The lowest BCUT2D eigenvalue weighted by Gasteiger charge is -2.24. The van der Waals surface area contributed by atoms with Crippen LogP contribution in [0.4, 0.5) is 0 Å². The van der Waals surface area contributed by atoms with E-state index in [4.69, 9.17) is 0 Å². The first kappa shape index (κ1) is 13.0. The maximum Gasteiger partial charge on any atom is -0.0414 e. The van der Waals surface area contributed by atoms with Crippen molar-refractivity contribution in [3.05, 3.63) is 6.92 Å². The molecule has 0 N–H and O–H groups in total. The molecule has 0 aliphatic heterocycles. The normalized spacial score (nSPS) is 18.7. The minimum absolute atomic E-state index is 0.796. The molecular weight excluding hydrogens is 156 g/mol. The van der Waals surface area contributed by atoms with Crippen LogP contribution in [-0.2, 0) is 0 Å². The summed E-state index contributed by atoms with van der Waals surface area (Å²) in [5, 5.41) is 0. The highest BCUT2D eigenvalue weighted by Gasteiger charge is 2.15. The minimum Gasteiger partial charge on any atom is -0.0628 e. The summed E-state index contributed by atoms with van der Waals surface area (Å²) in [6.07, 6.45) is 3.79. The van der Waals surface area contributed by atoms with Gasteiger partial charge in [-0.05, 0) is 36.5 Å². The van der Waals surface area contributed by atoms with Gasteiger partial charge < -0.3 is 0 Å². The number of hydrogen-bond donors (Lipinski definition) is 0. The summed E-state index contributed by atoms with van der Waals surface area (Å²) in [6, 6.07) is 0. The lowest BCUT2D eigenvalue weighted by molar-refractivity contribution is 0.275. The number of hydrogen-bond acceptors (Lipinski definition) is 0. The van der Waals surface area contributed by atoms with Gasteiger partial charge in [-0.3, -0.25) is 0 Å². The van der Waals surface area contributed by atoms with Crippen LogP contribution in [0, 0.1) is 30.6 Å². The zero-order valence-corrected chi connectivity index (χ0v) is 10.1. The summed E-state index contributed by atoms with van der Waals surface area (Å²) in [5.74, 6) is 3.37. The Balaban J connectivity index is 3.74. The number of rotatable bonds is 6. The standard InChI is InChI=1S/C13H27/c1-7-11(4)9-13(6)12(5)8-10(2)3/h10-13H,1,7-9H2,2-6H3. The molecule has 1 radical (unpaired) electrons. The molecule has 0 aliphatic carbocycles. The average Bonchev–Trinajstić information content (AvgIpc) is 2.02. The van der Waals surface area contributed by atoms with Crippen molar-refractivity contribution >= 4 is 0 Å². The molecule has 0 aromatic heterocycles. The van der Waals surface area contributed by atoms with Gasteiger partial charge in [-0.2, -0.15) is 0 Å². The second-order valence-corrected chi connectivity index (χ2v) is 5.21. The van der Waals surface area contributed by atoms with Crippen molar-refractivity contribution in [2.24, 2.45) is 23.7 Å². The van der Waals surface area contributed by atoms with E-state index in [0.717, 1.165) is 30.1 Å². The molecule has 3 atom stereocenters. The van der Waals surface area contributed by atoms with Crippen molar-refractivity contribution in [2.75, 3.05) is 0 Å². The lowest BCUT2D eigenvalue weighted by Crippen LogP contribution is -2.13. The Kier molecular flexibility index (Phi) is 6.45. The molecule has 0 aromatic rings. The molecule has 0 aromatic carbocycles. The summed E-state index contributed by atoms with van der Waals surface area (Å²) >= 11 is 0. The van der Waals surface area contributed by atoms with E-state index in [-0.39, 0.29) is 0 Å². The summed E-state index contributed by atoms with van der Waals surface area (Å²) in [6.45, 7) is 15.7. The molecular formula is C13H27. The third-order valence-corrected chi connectivity index (χ3v) is 3.08. The van der Waals surface area contributed by atoms with Gasteiger partial charge in [-0.15, -0.1) is 0 Å². The molecule has 0 spiro atoms. The molecule has 0 nitrogen and oxygen atoms in total. The van der Waals surface area contributed by atoms with Gasteiger partial charge >= 0.3 is 0 Å². The monoisotopic (exact) mass is 183 g/mol. The van der Waals surface area contributed by atoms with Gasteiger partial charge in [0.05, 0.1) is 0 Å². The van der Waals surface area contributed by atoms with Gasteiger partial charge in [-0.1, -0.05) is 48.0 Å². The molecule has 0 aliphatic rings. The third-order valence-electron chi connectivity index (χ3n) is 3.08. The smallest absolute Gasteiger partial charge is 0.0414 e. The molecule has 0 saturated heterocycles. The van der Waals surface area contributed by atoms with E-state index in [0.29, 0.717) is 0 Å². The highest BCUT2D eigenvalue weighted by Crippen LogP contribution is 2.26. The molecule has 0 amide bonds. The maximum atomic E-state index is 3.96. The Morgan fingerprint density at radius 3 is 1.69 bits per heavy atom. The first-order valence-corrected chi connectivity index (χ1v) is 5.76. The van der Waals surface area contributed by atoms with E-state index < -0.39 is 0 Å². The molecule has 0 bridgehead atoms. The van der Waals surface area contributed by atoms with E-state index in [1.807, 2.05) is 0 Å². The van der Waals surface area contributed by atoms with Gasteiger partial charge in [0.2, 0.25) is 0 Å². The van der Waals surface area contributed by atoms with Crippen molar-refractivity contribution in [3.8, 4) is 0 Å². The fraction of sp³-hybridized carbons (Fsp3) is 0.923. The zero-order valence-electron chi connectivity index (χ0n) is 10.1. The van der Waals surface area contributed by atoms with Crippen molar-refractivity contribution in [2.45, 2.75) is 53.9 Å². The Morgan fingerprint density at radius 1 is 0.846 bits per heavy atom. The van der Waals surface area contributed by atoms with Crippen LogP contribution in [0.25, 0.3) is 0 Å². The highest BCUT2D eigenvalue weighted by atomic mass is 14.2. The average molecular weight is 183 g/mol. The van der Waals surface area contributed by atoms with Crippen molar-refractivity contribution in [1.29, 1.82) is 0 Å². The predicted octanol–water partition coefficient (Wildman–Crippen LogP) is 4.56. The molecule has 79 valence electrons. The van der Waals surface area contributed by atoms with Gasteiger partial charge in [0.15, 0.2) is 0 Å². The Hall–Kier alpha value is 0. The first-order valence-electron chi connectivity index (χ1n) is 5.76. The fourth-order valence-corrected chi connectivity index (χ4v) is 1.96. The quantitative estimate of drug-likeness (QED) is 0.566. The third kappa shape index (κ3) is 6.12. The van der Waals surface area contributed by atoms with E-state index in [1.54, 1.807) is 0 Å². The first-order chi connectivity index (χ1) is 5.97. The van der Waals surface area contributed by atoms with Crippen molar-refractivity contribution in [1.82, 2.24) is 0 Å². The van der Waals surface area contributed by atoms with E-state index in [2.05, 4.69) is 41.5 Å². The topological polar surface area (TPSA) is 0 Å². The molecule has 13 heavy (non-hydrogen) atoms. The van der Waals surface area contributed by atoms with Gasteiger partial charge in [0.25, 0.3) is 0 Å². The predicted molar refractivity (Wildman–Crippen MR) is 61.5 cm³/mol. The van der Waals surface area contributed by atoms with Crippen LogP contribution in [0.2, 0.25) is 0 Å². The molecule has 3 unspecified atom stereocenters. The van der Waals surface area contributed by atoms with Crippen LogP contribution in [0.15, 0.2) is 0 Å². The van der Waals surface area contributed by atoms with E-state index in [1.165, 1.54) is 12.8 Å². The summed E-state index contributed by atoms with van der Waals surface area (Å²) in [7, 11) is 0. The van der Waals surface area contributed by atoms with Crippen LogP contribution in [0.1, 0.15) is 53.9 Å². The Labute approximate surface area is 85.1 Å². The van der Waals surface area contributed by atoms with Crippen molar-refractivity contribution in [3.63, 3.8) is 0 Å². The molecule has 0 heteroatoms. The Bertz CT molecular complexity index is 115. The van der Waals surface area contributed by atoms with Crippen LogP contribution in [-0.4, -0.2) is 0 Å². The van der Waals surface area contributed by atoms with Crippen LogP contribution < -0.4 is 0 Å². The van der Waals surface area contributed by atoms with Crippen LogP contribution in [0.5, 0.6) is 0 Å². The Morgan fingerprint density at radius 2 is 1.31 bits per heavy atom. The SMILES string of the molecule is [CH2]CC(C)CC(C)C(C)CC(C)C. The van der Waals surface area contributed by atoms with Gasteiger partial charge in [0.1, 0.15) is 0 Å². The van der Waals surface area contributed by atoms with Gasteiger partial charge in [-0.25, -0.2) is 0 Å². The summed E-state index contributed by atoms with van der Waals surface area (Å²) in [4.78, 5) is 0. The van der Waals surface area contributed by atoms with Gasteiger partial charge in [0, 0.05) is 0 Å². The second kappa shape index (κ2) is 6.45. The lowest BCUT2D eigenvalue weighted by atomic mass is 9.82. The van der Waals surface area contributed by atoms with Crippen LogP contribution in [0.3, 0.4) is 0 Å². The second-order valence-electron chi connectivity index (χ2n) is 5.21. The maximum absolute atomic E-state index is 3.96. The van der Waals surface area contributed by atoms with E-state index in [9.17, 15) is 0 Å². The minimum atomic E-state index is 0.796. The molecule has 0 heterocycles. The molecule has 0 fully saturated rings. The largest absolute Gasteiger partial charge is 0.0628 e.